The second-order valence-electron chi connectivity index (χ2n) is 5.18. The molecule has 0 aliphatic rings. The Kier molecular flexibility index (Phi) is 4.99. The van der Waals surface area contributed by atoms with Crippen LogP contribution in [0.2, 0.25) is 0 Å². The summed E-state index contributed by atoms with van der Waals surface area (Å²) in [5.41, 5.74) is 0. The van der Waals surface area contributed by atoms with E-state index in [-0.39, 0.29) is 0 Å². The predicted molar refractivity (Wildman–Crippen MR) is 92.5 cm³/mol. The summed E-state index contributed by atoms with van der Waals surface area (Å²) in [5.74, 6) is 2.43. The van der Waals surface area contributed by atoms with Gasteiger partial charge in [-0.05, 0) is 23.6 Å². The van der Waals surface area contributed by atoms with Gasteiger partial charge in [-0.25, -0.2) is 0 Å². The van der Waals surface area contributed by atoms with E-state index in [1.165, 1.54) is 5.39 Å². The van der Waals surface area contributed by atoms with Crippen molar-refractivity contribution >= 4 is 10.8 Å². The normalized spacial score (nSPS) is 10.5. The third kappa shape index (κ3) is 3.75. The summed E-state index contributed by atoms with van der Waals surface area (Å²) in [4.78, 5) is 0. The van der Waals surface area contributed by atoms with Crippen LogP contribution in [0.25, 0.3) is 10.8 Å². The van der Waals surface area contributed by atoms with Gasteiger partial charge in [0.05, 0.1) is 20.3 Å². The molecule has 0 bridgehead atoms. The molecule has 3 aromatic carbocycles. The molecule has 23 heavy (non-hydrogen) atoms. The number of hydrogen-bond acceptors (Lipinski definition) is 3. The molecule has 0 amide bonds. The Morgan fingerprint density at radius 3 is 2.09 bits per heavy atom. The molecule has 3 nitrogen and oxygen atoms in total. The first-order valence-corrected chi connectivity index (χ1v) is 7.75. The largest absolute Gasteiger partial charge is 0.493 e. The molecule has 3 heteroatoms. The Morgan fingerprint density at radius 2 is 1.26 bits per heavy atom. The zero-order valence-corrected chi connectivity index (χ0v) is 13.2. The minimum Gasteiger partial charge on any atom is -0.493 e. The summed E-state index contributed by atoms with van der Waals surface area (Å²) < 4.78 is 16.9. The molecule has 0 fully saturated rings. The molecule has 0 saturated heterocycles. The first-order valence-electron chi connectivity index (χ1n) is 7.75. The van der Waals surface area contributed by atoms with Crippen molar-refractivity contribution in [2.75, 3.05) is 20.3 Å². The van der Waals surface area contributed by atoms with Gasteiger partial charge in [-0.15, -0.1) is 0 Å². The van der Waals surface area contributed by atoms with Crippen molar-refractivity contribution in [1.82, 2.24) is 0 Å². The van der Waals surface area contributed by atoms with Crippen molar-refractivity contribution in [1.29, 1.82) is 0 Å². The van der Waals surface area contributed by atoms with Gasteiger partial charge in [-0.2, -0.15) is 0 Å². The van der Waals surface area contributed by atoms with Gasteiger partial charge in [0.2, 0.25) is 0 Å². The molecule has 0 saturated carbocycles. The fourth-order valence-electron chi connectivity index (χ4n) is 2.48. The molecule has 0 unspecified atom stereocenters. The Morgan fingerprint density at radius 1 is 0.652 bits per heavy atom. The number of hydrogen-bond donors (Lipinski definition) is 0. The van der Waals surface area contributed by atoms with E-state index >= 15 is 0 Å². The van der Waals surface area contributed by atoms with Gasteiger partial charge >= 0.3 is 0 Å². The lowest BCUT2D eigenvalue weighted by atomic mass is 10.1. The van der Waals surface area contributed by atoms with Gasteiger partial charge in [0, 0.05) is 11.8 Å². The van der Waals surface area contributed by atoms with E-state index in [9.17, 15) is 0 Å². The van der Waals surface area contributed by atoms with Crippen molar-refractivity contribution in [2.24, 2.45) is 0 Å². The van der Waals surface area contributed by atoms with Crippen molar-refractivity contribution < 1.29 is 14.2 Å². The number of benzene rings is 3. The fraction of sp³-hybridized carbons (Fsp3) is 0.200. The molecule has 0 spiro atoms. The van der Waals surface area contributed by atoms with E-state index in [0.29, 0.717) is 13.2 Å². The van der Waals surface area contributed by atoms with E-state index in [2.05, 4.69) is 18.2 Å². The van der Waals surface area contributed by atoms with Crippen LogP contribution in [-0.4, -0.2) is 20.3 Å². The molecule has 0 heterocycles. The van der Waals surface area contributed by atoms with E-state index < -0.39 is 0 Å². The van der Waals surface area contributed by atoms with E-state index in [1.807, 2.05) is 48.5 Å². The Bertz CT molecular complexity index is 762. The molecule has 0 aliphatic carbocycles. The van der Waals surface area contributed by atoms with Crippen LogP contribution < -0.4 is 14.2 Å². The van der Waals surface area contributed by atoms with Crippen molar-refractivity contribution in [3.05, 3.63) is 66.7 Å². The summed E-state index contributed by atoms with van der Waals surface area (Å²) in [6.07, 6.45) is 0.807. The molecule has 3 aromatic rings. The fourth-order valence-corrected chi connectivity index (χ4v) is 2.48. The quantitative estimate of drug-likeness (QED) is 0.592. The Labute approximate surface area is 136 Å². The van der Waals surface area contributed by atoms with Crippen LogP contribution in [0.5, 0.6) is 17.2 Å². The van der Waals surface area contributed by atoms with Crippen molar-refractivity contribution in [2.45, 2.75) is 6.42 Å². The van der Waals surface area contributed by atoms with Crippen LogP contribution in [0, 0.1) is 0 Å². The summed E-state index contributed by atoms with van der Waals surface area (Å²) in [6, 6.07) is 22.0. The van der Waals surface area contributed by atoms with Gasteiger partial charge in [0.1, 0.15) is 5.75 Å². The number of methoxy groups -OCH3 is 1. The zero-order chi connectivity index (χ0) is 15.9. The molecule has 0 radical (unpaired) electrons. The molecule has 0 N–H and O–H groups in total. The molecular formula is C20H20O3. The van der Waals surface area contributed by atoms with Crippen LogP contribution in [0.3, 0.4) is 0 Å². The van der Waals surface area contributed by atoms with Crippen molar-refractivity contribution in [3.63, 3.8) is 0 Å². The number of rotatable bonds is 7. The highest BCUT2D eigenvalue weighted by atomic mass is 16.5. The first kappa shape index (κ1) is 15.2. The van der Waals surface area contributed by atoms with Gasteiger partial charge in [0.25, 0.3) is 0 Å². The standard InChI is InChI=1S/C20H20O3/c1-21-19-11-4-5-12-20(19)23-15-7-14-22-18-13-6-9-16-8-2-3-10-17(16)18/h2-6,8-13H,7,14-15H2,1H3. The Balaban J connectivity index is 1.52. The molecular weight excluding hydrogens is 288 g/mol. The maximum Gasteiger partial charge on any atom is 0.161 e. The van der Waals surface area contributed by atoms with Crippen LogP contribution in [0.15, 0.2) is 66.7 Å². The van der Waals surface area contributed by atoms with E-state index in [1.54, 1.807) is 7.11 Å². The smallest absolute Gasteiger partial charge is 0.161 e. The second-order valence-corrected chi connectivity index (χ2v) is 5.18. The first-order chi connectivity index (χ1) is 11.4. The average molecular weight is 308 g/mol. The van der Waals surface area contributed by atoms with Gasteiger partial charge in [0.15, 0.2) is 11.5 Å². The number of ether oxygens (including phenoxy) is 3. The molecule has 118 valence electrons. The molecule has 0 aromatic heterocycles. The van der Waals surface area contributed by atoms with Crippen LogP contribution in [0.4, 0.5) is 0 Å². The summed E-state index contributed by atoms with van der Waals surface area (Å²) in [6.45, 7) is 1.20. The minimum absolute atomic E-state index is 0.588. The van der Waals surface area contributed by atoms with Gasteiger partial charge < -0.3 is 14.2 Å². The molecule has 0 atom stereocenters. The maximum absolute atomic E-state index is 5.90. The van der Waals surface area contributed by atoms with Gasteiger partial charge in [-0.3, -0.25) is 0 Å². The monoisotopic (exact) mass is 308 g/mol. The number of para-hydroxylation sites is 2. The maximum atomic E-state index is 5.90. The average Bonchev–Trinajstić information content (AvgIpc) is 2.62. The lowest BCUT2D eigenvalue weighted by molar-refractivity contribution is 0.242. The minimum atomic E-state index is 0.588. The highest BCUT2D eigenvalue weighted by Gasteiger charge is 2.03. The van der Waals surface area contributed by atoms with Crippen LogP contribution in [0.1, 0.15) is 6.42 Å². The second kappa shape index (κ2) is 7.54. The molecule has 3 rings (SSSR count). The van der Waals surface area contributed by atoms with Crippen LogP contribution in [-0.2, 0) is 0 Å². The highest BCUT2D eigenvalue weighted by Crippen LogP contribution is 2.26. The third-order valence-corrected chi connectivity index (χ3v) is 3.62. The van der Waals surface area contributed by atoms with E-state index in [0.717, 1.165) is 29.1 Å². The van der Waals surface area contributed by atoms with Crippen molar-refractivity contribution in [3.8, 4) is 17.2 Å². The SMILES string of the molecule is COc1ccccc1OCCCOc1cccc2ccccc12. The highest BCUT2D eigenvalue weighted by molar-refractivity contribution is 5.88. The van der Waals surface area contributed by atoms with E-state index in [4.69, 9.17) is 14.2 Å². The summed E-state index contributed by atoms with van der Waals surface area (Å²) in [5, 5.41) is 2.33. The summed E-state index contributed by atoms with van der Waals surface area (Å²) in [7, 11) is 1.64. The lowest BCUT2D eigenvalue weighted by Gasteiger charge is -2.11. The topological polar surface area (TPSA) is 27.7 Å². The Hall–Kier alpha value is -2.68. The number of fused-ring (bicyclic) bond motifs is 1. The van der Waals surface area contributed by atoms with Gasteiger partial charge in [-0.1, -0.05) is 48.5 Å². The summed E-state index contributed by atoms with van der Waals surface area (Å²) >= 11 is 0. The van der Waals surface area contributed by atoms with Crippen LogP contribution >= 0.6 is 0 Å². The zero-order valence-electron chi connectivity index (χ0n) is 13.2. The molecule has 0 aliphatic heterocycles. The third-order valence-electron chi connectivity index (χ3n) is 3.62. The predicted octanol–water partition coefficient (Wildman–Crippen LogP) is 4.70. The lowest BCUT2D eigenvalue weighted by Crippen LogP contribution is -2.05.